The number of carbonyl (C=O) groups is 3. The second kappa shape index (κ2) is 15.1. The fourth-order valence-corrected chi connectivity index (χ4v) is 8.11. The van der Waals surface area contributed by atoms with Gasteiger partial charge in [0.05, 0.1) is 29.5 Å². The Labute approximate surface area is 288 Å². The Morgan fingerprint density at radius 3 is 2.47 bits per heavy atom. The lowest BCUT2D eigenvalue weighted by Gasteiger charge is -2.31. The van der Waals surface area contributed by atoms with Crippen molar-refractivity contribution >= 4 is 38.6 Å². The van der Waals surface area contributed by atoms with Crippen molar-refractivity contribution in [3.8, 4) is 17.4 Å². The molecular weight excluding hydrogens is 650 g/mol. The average molecular weight is 702 g/mol. The highest BCUT2D eigenvalue weighted by molar-refractivity contribution is 7.90. The number of sulfonamides is 1. The zero-order chi connectivity index (χ0) is 35.6. The molecule has 1 aromatic carbocycles. The molecule has 270 valence electrons. The minimum atomic E-state index is -3.85. The van der Waals surface area contributed by atoms with Crippen molar-refractivity contribution in [1.29, 1.82) is 0 Å². The second-order valence-corrected chi connectivity index (χ2v) is 16.3. The number of amides is 3. The smallest absolute Gasteiger partial charge is 0.256 e. The van der Waals surface area contributed by atoms with Gasteiger partial charge in [0, 0.05) is 23.4 Å². The van der Waals surface area contributed by atoms with E-state index in [-0.39, 0.29) is 42.6 Å². The van der Waals surface area contributed by atoms with Crippen molar-refractivity contribution in [2.75, 3.05) is 6.54 Å². The molecule has 13 nitrogen and oxygen atoms in total. The predicted molar refractivity (Wildman–Crippen MR) is 184 cm³/mol. The van der Waals surface area contributed by atoms with Gasteiger partial charge >= 0.3 is 0 Å². The van der Waals surface area contributed by atoms with Gasteiger partial charge in [0.2, 0.25) is 27.7 Å². The van der Waals surface area contributed by atoms with Crippen LogP contribution in [0.25, 0.3) is 10.9 Å². The Hall–Kier alpha value is -3.65. The van der Waals surface area contributed by atoms with Gasteiger partial charge in [-0.05, 0) is 64.0 Å². The van der Waals surface area contributed by atoms with Crippen LogP contribution in [0, 0.1) is 18.8 Å². The first-order valence-corrected chi connectivity index (χ1v) is 19.1. The Morgan fingerprint density at radius 1 is 1.10 bits per heavy atom. The monoisotopic (exact) mass is 701 g/mol. The van der Waals surface area contributed by atoms with Crippen LogP contribution in [0.1, 0.15) is 91.0 Å². The summed E-state index contributed by atoms with van der Waals surface area (Å²) in [7, 11) is -3.85. The number of nitrogens with two attached hydrogens (primary N) is 1. The van der Waals surface area contributed by atoms with Crippen LogP contribution in [0.3, 0.4) is 0 Å². The van der Waals surface area contributed by atoms with Crippen LogP contribution < -0.4 is 25.2 Å². The van der Waals surface area contributed by atoms with E-state index in [2.05, 4.69) is 15.0 Å². The minimum absolute atomic E-state index is 0.00887. The SMILES string of the molecule is Cc1c(O)ccc2c(OC3CC4C(=O)NC(C(=O)NS(=O)(=O)C5CC5)C(C)C(C)CCCCCCC(N)C(=O)N4C3)cc(OC(C)C)nc12. The number of carbonyl (C=O) groups excluding carboxylic acids is 3. The van der Waals surface area contributed by atoms with E-state index in [1.807, 2.05) is 27.7 Å². The van der Waals surface area contributed by atoms with Gasteiger partial charge in [-0.15, -0.1) is 0 Å². The molecular formula is C35H51N5O8S. The largest absolute Gasteiger partial charge is 0.508 e. The van der Waals surface area contributed by atoms with E-state index in [4.69, 9.17) is 15.2 Å². The van der Waals surface area contributed by atoms with Gasteiger partial charge in [-0.25, -0.2) is 13.4 Å². The van der Waals surface area contributed by atoms with Gasteiger partial charge in [-0.3, -0.25) is 19.1 Å². The lowest BCUT2D eigenvalue weighted by Crippen LogP contribution is -2.58. The lowest BCUT2D eigenvalue weighted by molar-refractivity contribution is -0.140. The van der Waals surface area contributed by atoms with Gasteiger partial charge < -0.3 is 30.5 Å². The van der Waals surface area contributed by atoms with Crippen LogP contribution >= 0.6 is 0 Å². The molecule has 0 radical (unpaired) electrons. The molecule has 1 aromatic heterocycles. The first-order chi connectivity index (χ1) is 23.2. The van der Waals surface area contributed by atoms with E-state index in [1.165, 1.54) is 4.90 Å². The standard InChI is InChI=1S/C35H51N5O8S/c1-19(2)47-30-17-29(25-14-15-28(41)22(5)31(25)37-30)48-23-16-27-33(42)38-32(34(43)39-49(45,46)24-12-13-24)21(4)20(3)10-8-6-7-9-11-26(36)35(44)40(27)18-23/h14-15,17,19-21,23-24,26-27,32,41H,6-13,16,18,36H2,1-5H3,(H,38,42)(H,39,43). The number of hydrogen-bond acceptors (Lipinski definition) is 10. The van der Waals surface area contributed by atoms with Crippen molar-refractivity contribution in [1.82, 2.24) is 19.9 Å². The number of benzene rings is 1. The number of ether oxygens (including phenoxy) is 2. The van der Waals surface area contributed by atoms with Crippen LogP contribution in [-0.2, 0) is 24.4 Å². The Morgan fingerprint density at radius 2 is 1.80 bits per heavy atom. The molecule has 5 N–H and O–H groups in total. The second-order valence-electron chi connectivity index (χ2n) is 14.3. The third-order valence-corrected chi connectivity index (χ3v) is 11.9. The summed E-state index contributed by atoms with van der Waals surface area (Å²) >= 11 is 0. The number of phenolic OH excluding ortho intramolecular Hbond substituents is 1. The minimum Gasteiger partial charge on any atom is -0.508 e. The molecule has 2 aliphatic heterocycles. The van der Waals surface area contributed by atoms with Gasteiger partial charge in [0.15, 0.2) is 0 Å². The highest BCUT2D eigenvalue weighted by atomic mass is 32.2. The van der Waals surface area contributed by atoms with E-state index in [0.29, 0.717) is 47.4 Å². The first kappa shape index (κ1) is 36.6. The van der Waals surface area contributed by atoms with Crippen molar-refractivity contribution in [3.63, 3.8) is 0 Å². The van der Waals surface area contributed by atoms with Gasteiger partial charge in [-0.1, -0.05) is 46.0 Å². The van der Waals surface area contributed by atoms with Crippen LogP contribution in [0.15, 0.2) is 18.2 Å². The first-order valence-electron chi connectivity index (χ1n) is 17.5. The van der Waals surface area contributed by atoms with E-state index in [1.54, 1.807) is 25.1 Å². The molecule has 3 aliphatic rings. The van der Waals surface area contributed by atoms with E-state index < -0.39 is 51.3 Å². The molecule has 14 heteroatoms. The van der Waals surface area contributed by atoms with E-state index in [9.17, 15) is 27.9 Å². The molecule has 49 heavy (non-hydrogen) atoms. The Bertz CT molecular complexity index is 1660. The van der Waals surface area contributed by atoms with Crippen molar-refractivity contribution in [2.45, 2.75) is 128 Å². The van der Waals surface area contributed by atoms with Crippen molar-refractivity contribution in [3.05, 3.63) is 23.8 Å². The van der Waals surface area contributed by atoms with Crippen LogP contribution in [0.5, 0.6) is 17.4 Å². The summed E-state index contributed by atoms with van der Waals surface area (Å²) in [5, 5.41) is 13.3. The molecule has 1 saturated carbocycles. The highest BCUT2D eigenvalue weighted by Gasteiger charge is 2.45. The molecule has 3 amide bonds. The molecule has 6 unspecified atom stereocenters. The molecule has 3 heterocycles. The summed E-state index contributed by atoms with van der Waals surface area (Å²) in [6, 6.07) is 1.94. The zero-order valence-corrected chi connectivity index (χ0v) is 29.9. The number of pyridine rings is 1. The Kier molecular flexibility index (Phi) is 11.3. The predicted octanol–water partition coefficient (Wildman–Crippen LogP) is 3.43. The average Bonchev–Trinajstić information content (AvgIpc) is 3.83. The molecule has 2 saturated heterocycles. The van der Waals surface area contributed by atoms with E-state index >= 15 is 0 Å². The number of phenols is 1. The van der Waals surface area contributed by atoms with Crippen molar-refractivity contribution in [2.24, 2.45) is 17.6 Å². The number of hydrogen-bond donors (Lipinski definition) is 4. The van der Waals surface area contributed by atoms with Crippen LogP contribution in [0.2, 0.25) is 0 Å². The summed E-state index contributed by atoms with van der Waals surface area (Å²) in [6.07, 6.45) is 5.01. The maximum absolute atomic E-state index is 14.1. The van der Waals surface area contributed by atoms with Crippen LogP contribution in [-0.4, -0.2) is 83.3 Å². The fraction of sp³-hybridized carbons (Fsp3) is 0.657. The molecule has 0 bridgehead atoms. The highest BCUT2D eigenvalue weighted by Crippen LogP contribution is 2.36. The third-order valence-electron chi connectivity index (χ3n) is 10.1. The third kappa shape index (κ3) is 8.57. The molecule has 2 aromatic rings. The molecule has 0 spiro atoms. The topological polar surface area (TPSA) is 190 Å². The number of aryl methyl sites for hydroxylation is 1. The summed E-state index contributed by atoms with van der Waals surface area (Å²) in [4.78, 5) is 47.6. The van der Waals surface area contributed by atoms with Crippen molar-refractivity contribution < 1.29 is 37.4 Å². The number of rotatable bonds is 7. The normalized spacial score (nSPS) is 27.6. The van der Waals surface area contributed by atoms with Crippen LogP contribution in [0.4, 0.5) is 0 Å². The maximum atomic E-state index is 14.1. The maximum Gasteiger partial charge on any atom is 0.256 e. The molecule has 1 aliphatic carbocycles. The summed E-state index contributed by atoms with van der Waals surface area (Å²) in [5.74, 6) is -1.32. The lowest BCUT2D eigenvalue weighted by atomic mass is 9.84. The number of nitrogens with one attached hydrogen (secondary N) is 2. The fourth-order valence-electron chi connectivity index (χ4n) is 6.78. The van der Waals surface area contributed by atoms with Gasteiger partial charge in [0.1, 0.15) is 29.7 Å². The number of fused-ring (bicyclic) bond motifs is 2. The summed E-state index contributed by atoms with van der Waals surface area (Å²) in [5.41, 5.74) is 7.45. The zero-order valence-electron chi connectivity index (χ0n) is 29.1. The van der Waals surface area contributed by atoms with E-state index in [0.717, 1.165) is 32.1 Å². The summed E-state index contributed by atoms with van der Waals surface area (Å²) < 4.78 is 40.1. The van der Waals surface area contributed by atoms with Gasteiger partial charge in [-0.2, -0.15) is 0 Å². The van der Waals surface area contributed by atoms with Gasteiger partial charge in [0.25, 0.3) is 5.91 Å². The number of aromatic nitrogens is 1. The Balaban J connectivity index is 1.46. The summed E-state index contributed by atoms with van der Waals surface area (Å²) in [6.45, 7) is 9.40. The molecule has 5 rings (SSSR count). The quantitative estimate of drug-likeness (QED) is 0.333. The number of nitrogens with zero attached hydrogens (tertiary/aromatic N) is 2. The molecule has 3 fully saturated rings. The molecule has 6 atom stereocenters. The number of aromatic hydroxyl groups is 1.